The van der Waals surface area contributed by atoms with Crippen molar-refractivity contribution < 1.29 is 9.84 Å². The van der Waals surface area contributed by atoms with E-state index in [-0.39, 0.29) is 6.61 Å². The second-order valence-electron chi connectivity index (χ2n) is 4.74. The Bertz CT molecular complexity index is 411. The minimum Gasteiger partial charge on any atom is -0.467 e. The fourth-order valence-corrected chi connectivity index (χ4v) is 2.80. The van der Waals surface area contributed by atoms with Crippen LogP contribution in [0.25, 0.3) is 0 Å². The molecule has 1 saturated carbocycles. The number of halogens is 1. The lowest BCUT2D eigenvalue weighted by molar-refractivity contribution is 0.289. The molecule has 0 amide bonds. The average Bonchev–Trinajstić information content (AvgIpc) is 2.47. The van der Waals surface area contributed by atoms with Gasteiger partial charge >= 0.3 is 6.01 Å². The van der Waals surface area contributed by atoms with Crippen LogP contribution in [-0.2, 0) is 0 Å². The number of anilines is 1. The van der Waals surface area contributed by atoms with E-state index in [9.17, 15) is 5.11 Å². The summed E-state index contributed by atoms with van der Waals surface area (Å²) in [6, 6.07) is 0.691. The monoisotopic (exact) mass is 285 g/mol. The van der Waals surface area contributed by atoms with Gasteiger partial charge in [-0.2, -0.15) is 4.98 Å². The van der Waals surface area contributed by atoms with Crippen molar-refractivity contribution in [2.75, 3.05) is 25.2 Å². The number of aromatic nitrogens is 2. The van der Waals surface area contributed by atoms with E-state index >= 15 is 0 Å². The zero-order valence-electron chi connectivity index (χ0n) is 11.2. The summed E-state index contributed by atoms with van der Waals surface area (Å²) in [6.07, 6.45) is 7.49. The van der Waals surface area contributed by atoms with E-state index in [0.717, 1.165) is 12.8 Å². The lowest BCUT2D eigenvalue weighted by Gasteiger charge is -2.35. The second-order valence-corrected chi connectivity index (χ2v) is 5.14. The van der Waals surface area contributed by atoms with Gasteiger partial charge < -0.3 is 14.7 Å². The van der Waals surface area contributed by atoms with Crippen LogP contribution in [0.4, 0.5) is 5.82 Å². The van der Waals surface area contributed by atoms with Gasteiger partial charge in [-0.1, -0.05) is 30.9 Å². The van der Waals surface area contributed by atoms with Crippen LogP contribution in [-0.4, -0.2) is 41.4 Å². The molecule has 0 aliphatic heterocycles. The Kier molecular flexibility index (Phi) is 5.22. The fourth-order valence-electron chi connectivity index (χ4n) is 2.60. The molecule has 1 aliphatic carbocycles. The number of hydrogen-bond donors (Lipinski definition) is 1. The molecular weight excluding hydrogens is 266 g/mol. The first kappa shape index (κ1) is 14.3. The molecule has 6 heteroatoms. The predicted molar refractivity (Wildman–Crippen MR) is 74.9 cm³/mol. The van der Waals surface area contributed by atoms with Crippen molar-refractivity contribution in [1.29, 1.82) is 0 Å². The van der Waals surface area contributed by atoms with E-state index < -0.39 is 0 Å². The van der Waals surface area contributed by atoms with Crippen LogP contribution in [0.15, 0.2) is 6.20 Å². The third-order valence-electron chi connectivity index (χ3n) is 3.51. The topological polar surface area (TPSA) is 58.5 Å². The number of hydrogen-bond acceptors (Lipinski definition) is 5. The van der Waals surface area contributed by atoms with Gasteiger partial charge in [0.05, 0.1) is 19.9 Å². The molecule has 1 heterocycles. The number of rotatable bonds is 5. The standard InChI is InChI=1S/C13H20ClN3O2/c1-19-13-15-9-11(14)12(16-13)17(7-8-18)10-5-3-2-4-6-10/h9-10,18H,2-8H2,1H3. The van der Waals surface area contributed by atoms with Crippen molar-refractivity contribution in [3.63, 3.8) is 0 Å². The van der Waals surface area contributed by atoms with E-state index in [0.29, 0.717) is 29.4 Å². The summed E-state index contributed by atoms with van der Waals surface area (Å²) in [5.41, 5.74) is 0. The van der Waals surface area contributed by atoms with Crippen LogP contribution in [0.1, 0.15) is 32.1 Å². The highest BCUT2D eigenvalue weighted by atomic mass is 35.5. The molecule has 1 aromatic rings. The molecule has 0 atom stereocenters. The first-order valence-corrected chi connectivity index (χ1v) is 7.08. The van der Waals surface area contributed by atoms with Crippen molar-refractivity contribution in [3.05, 3.63) is 11.2 Å². The number of aliphatic hydroxyl groups is 1. The lowest BCUT2D eigenvalue weighted by Crippen LogP contribution is -2.39. The normalized spacial score (nSPS) is 16.4. The average molecular weight is 286 g/mol. The fraction of sp³-hybridized carbons (Fsp3) is 0.692. The van der Waals surface area contributed by atoms with Gasteiger partial charge in [0.25, 0.3) is 0 Å². The lowest BCUT2D eigenvalue weighted by atomic mass is 9.94. The van der Waals surface area contributed by atoms with Gasteiger partial charge in [0, 0.05) is 12.6 Å². The molecular formula is C13H20ClN3O2. The smallest absolute Gasteiger partial charge is 0.318 e. The Morgan fingerprint density at radius 1 is 1.42 bits per heavy atom. The quantitative estimate of drug-likeness (QED) is 0.899. The third kappa shape index (κ3) is 3.48. The van der Waals surface area contributed by atoms with Crippen molar-refractivity contribution in [3.8, 4) is 6.01 Å². The van der Waals surface area contributed by atoms with Crippen LogP contribution in [0.5, 0.6) is 6.01 Å². The van der Waals surface area contributed by atoms with E-state index in [1.165, 1.54) is 26.4 Å². The Morgan fingerprint density at radius 3 is 2.79 bits per heavy atom. The summed E-state index contributed by atoms with van der Waals surface area (Å²) in [5.74, 6) is 0.662. The van der Waals surface area contributed by atoms with Crippen molar-refractivity contribution in [2.24, 2.45) is 0 Å². The molecule has 106 valence electrons. The van der Waals surface area contributed by atoms with E-state index in [2.05, 4.69) is 14.9 Å². The molecule has 0 unspecified atom stereocenters. The van der Waals surface area contributed by atoms with Crippen LogP contribution >= 0.6 is 11.6 Å². The molecule has 1 aliphatic rings. The summed E-state index contributed by atoms with van der Waals surface area (Å²) in [6.45, 7) is 0.615. The van der Waals surface area contributed by atoms with Gasteiger partial charge in [0.1, 0.15) is 5.02 Å². The number of nitrogens with zero attached hydrogens (tertiary/aromatic N) is 3. The first-order valence-electron chi connectivity index (χ1n) is 6.70. The summed E-state index contributed by atoms with van der Waals surface area (Å²) in [4.78, 5) is 10.4. The zero-order chi connectivity index (χ0) is 13.7. The highest BCUT2D eigenvalue weighted by molar-refractivity contribution is 6.32. The number of ether oxygens (including phenoxy) is 1. The van der Waals surface area contributed by atoms with Crippen molar-refractivity contribution >= 4 is 17.4 Å². The van der Waals surface area contributed by atoms with Crippen LogP contribution in [0.3, 0.4) is 0 Å². The van der Waals surface area contributed by atoms with Gasteiger partial charge in [0.2, 0.25) is 0 Å². The van der Waals surface area contributed by atoms with E-state index in [4.69, 9.17) is 16.3 Å². The molecule has 2 rings (SSSR count). The van der Waals surface area contributed by atoms with Gasteiger partial charge in [0.15, 0.2) is 5.82 Å². The minimum atomic E-state index is 0.0825. The Balaban J connectivity index is 2.26. The second kappa shape index (κ2) is 6.91. The minimum absolute atomic E-state index is 0.0825. The molecule has 0 spiro atoms. The Morgan fingerprint density at radius 2 is 2.16 bits per heavy atom. The zero-order valence-corrected chi connectivity index (χ0v) is 11.9. The maximum absolute atomic E-state index is 9.29. The summed E-state index contributed by atoms with van der Waals surface area (Å²) in [5, 5.41) is 9.79. The highest BCUT2D eigenvalue weighted by Gasteiger charge is 2.24. The van der Waals surface area contributed by atoms with Gasteiger partial charge in [-0.15, -0.1) is 0 Å². The predicted octanol–water partition coefficient (Wildman–Crippen LogP) is 2.27. The molecule has 1 N–H and O–H groups in total. The SMILES string of the molecule is COc1ncc(Cl)c(N(CCO)C2CCCCC2)n1. The Hall–Kier alpha value is -1.07. The molecule has 0 bridgehead atoms. The molecule has 0 saturated heterocycles. The summed E-state index contributed by atoms with van der Waals surface area (Å²) >= 11 is 6.20. The molecule has 0 aromatic carbocycles. The first-order chi connectivity index (χ1) is 9.26. The van der Waals surface area contributed by atoms with Gasteiger partial charge in [-0.25, -0.2) is 4.98 Å². The third-order valence-corrected chi connectivity index (χ3v) is 3.78. The van der Waals surface area contributed by atoms with Crippen molar-refractivity contribution in [1.82, 2.24) is 9.97 Å². The molecule has 0 radical (unpaired) electrons. The largest absolute Gasteiger partial charge is 0.467 e. The summed E-state index contributed by atoms with van der Waals surface area (Å²) in [7, 11) is 1.53. The van der Waals surface area contributed by atoms with Gasteiger partial charge in [-0.05, 0) is 12.8 Å². The van der Waals surface area contributed by atoms with Crippen LogP contribution in [0.2, 0.25) is 5.02 Å². The van der Waals surface area contributed by atoms with E-state index in [1.54, 1.807) is 6.20 Å². The molecule has 1 aromatic heterocycles. The Labute approximate surface area is 118 Å². The number of aliphatic hydroxyl groups excluding tert-OH is 1. The van der Waals surface area contributed by atoms with E-state index in [1.807, 2.05) is 0 Å². The maximum atomic E-state index is 9.29. The van der Waals surface area contributed by atoms with Crippen LogP contribution < -0.4 is 9.64 Å². The highest BCUT2D eigenvalue weighted by Crippen LogP contribution is 2.31. The van der Waals surface area contributed by atoms with Gasteiger partial charge in [-0.3, -0.25) is 0 Å². The number of methoxy groups -OCH3 is 1. The molecule has 1 fully saturated rings. The molecule has 19 heavy (non-hydrogen) atoms. The maximum Gasteiger partial charge on any atom is 0.318 e. The summed E-state index contributed by atoms with van der Waals surface area (Å²) < 4.78 is 5.06. The van der Waals surface area contributed by atoms with Crippen LogP contribution in [0, 0.1) is 0 Å². The van der Waals surface area contributed by atoms with Crippen molar-refractivity contribution in [2.45, 2.75) is 38.1 Å². The molecule has 5 nitrogen and oxygen atoms in total.